The minimum Gasteiger partial charge on any atom is -0.491 e. The summed E-state index contributed by atoms with van der Waals surface area (Å²) in [6, 6.07) is 5.40. The maximum absolute atomic E-state index is 14.5. The Kier molecular flexibility index (Phi) is 5.85. The molecule has 0 bridgehead atoms. The Morgan fingerprint density at radius 1 is 1.41 bits per heavy atom. The van der Waals surface area contributed by atoms with Crippen molar-refractivity contribution >= 4 is 22.0 Å². The highest BCUT2D eigenvalue weighted by Crippen LogP contribution is 2.34. The lowest BCUT2D eigenvalue weighted by atomic mass is 10.0. The van der Waals surface area contributed by atoms with Crippen LogP contribution in [0.25, 0.3) is 5.69 Å². The summed E-state index contributed by atoms with van der Waals surface area (Å²) in [5.41, 5.74) is 2.02. The van der Waals surface area contributed by atoms with Gasteiger partial charge in [0.15, 0.2) is 11.6 Å². The molecule has 1 amide bonds. The zero-order chi connectivity index (χ0) is 21.3. The quantitative estimate of drug-likeness (QED) is 0.681. The van der Waals surface area contributed by atoms with Crippen LogP contribution >= 0.6 is 15.9 Å². The standard InChI is InChI=1S/C20H22BrFN4O3/c1-20(2,3)29-19(27)25-10-8-15-12(11-25)14(7-9-23)24-26(15)16-6-5-13(21)17(22)18(16)28-4/h5-6H,7-8,10-11H2,1-4H3. The molecule has 9 heteroatoms. The second-order valence-electron chi connectivity index (χ2n) is 7.68. The highest BCUT2D eigenvalue weighted by Gasteiger charge is 2.31. The largest absolute Gasteiger partial charge is 0.491 e. The first-order valence-electron chi connectivity index (χ1n) is 9.13. The summed E-state index contributed by atoms with van der Waals surface area (Å²) in [7, 11) is 1.39. The second-order valence-corrected chi connectivity index (χ2v) is 8.54. The minimum absolute atomic E-state index is 0.0581. The number of nitriles is 1. The molecule has 2 aromatic rings. The average Bonchev–Trinajstić information content (AvgIpc) is 3.00. The first-order valence-corrected chi connectivity index (χ1v) is 9.92. The highest BCUT2D eigenvalue weighted by molar-refractivity contribution is 9.10. The lowest BCUT2D eigenvalue weighted by Gasteiger charge is -2.30. The number of benzene rings is 1. The van der Waals surface area contributed by atoms with Gasteiger partial charge in [-0.15, -0.1) is 0 Å². The lowest BCUT2D eigenvalue weighted by molar-refractivity contribution is 0.0222. The zero-order valence-corrected chi connectivity index (χ0v) is 18.3. The Morgan fingerprint density at radius 3 is 2.76 bits per heavy atom. The van der Waals surface area contributed by atoms with E-state index in [-0.39, 0.29) is 23.2 Å². The van der Waals surface area contributed by atoms with Crippen molar-refractivity contribution in [2.45, 2.75) is 45.8 Å². The Labute approximate surface area is 177 Å². The van der Waals surface area contributed by atoms with E-state index in [4.69, 9.17) is 9.47 Å². The number of carbonyl (C=O) groups excluding carboxylic acids is 1. The van der Waals surface area contributed by atoms with Crippen LogP contribution in [0.4, 0.5) is 9.18 Å². The van der Waals surface area contributed by atoms with Gasteiger partial charge < -0.3 is 14.4 Å². The van der Waals surface area contributed by atoms with E-state index in [1.54, 1.807) is 21.7 Å². The second kappa shape index (κ2) is 8.03. The SMILES string of the molecule is COc1c(-n2nc(CC#N)c3c2CCN(C(=O)OC(C)(C)C)C3)ccc(Br)c1F. The van der Waals surface area contributed by atoms with Crippen molar-refractivity contribution < 1.29 is 18.7 Å². The summed E-state index contributed by atoms with van der Waals surface area (Å²) in [4.78, 5) is 14.1. The van der Waals surface area contributed by atoms with Gasteiger partial charge in [0.25, 0.3) is 0 Å². The first-order chi connectivity index (χ1) is 13.7. The molecule has 1 aromatic carbocycles. The molecule has 0 saturated heterocycles. The van der Waals surface area contributed by atoms with Gasteiger partial charge in [0, 0.05) is 18.5 Å². The third-order valence-electron chi connectivity index (χ3n) is 4.50. The number of halogens is 2. The van der Waals surface area contributed by atoms with Gasteiger partial charge >= 0.3 is 6.09 Å². The number of fused-ring (bicyclic) bond motifs is 1. The normalized spacial score (nSPS) is 13.6. The average molecular weight is 465 g/mol. The molecule has 1 aromatic heterocycles. The zero-order valence-electron chi connectivity index (χ0n) is 16.8. The Hall–Kier alpha value is -2.60. The van der Waals surface area contributed by atoms with Crippen molar-refractivity contribution in [2.24, 2.45) is 0 Å². The van der Waals surface area contributed by atoms with Crippen molar-refractivity contribution in [2.75, 3.05) is 13.7 Å². The van der Waals surface area contributed by atoms with E-state index in [9.17, 15) is 14.4 Å². The molecule has 0 N–H and O–H groups in total. The number of carbonyl (C=O) groups is 1. The summed E-state index contributed by atoms with van der Waals surface area (Å²) in [5.74, 6) is -0.468. The van der Waals surface area contributed by atoms with Gasteiger partial charge in [-0.25, -0.2) is 13.9 Å². The van der Waals surface area contributed by atoms with Crippen LogP contribution in [0.15, 0.2) is 16.6 Å². The third-order valence-corrected chi connectivity index (χ3v) is 5.11. The summed E-state index contributed by atoms with van der Waals surface area (Å²) in [6.45, 7) is 6.15. The number of ether oxygens (including phenoxy) is 2. The van der Waals surface area contributed by atoms with Gasteiger partial charge in [-0.05, 0) is 48.8 Å². The molecule has 29 heavy (non-hydrogen) atoms. The van der Waals surface area contributed by atoms with Crippen molar-refractivity contribution in [1.82, 2.24) is 14.7 Å². The smallest absolute Gasteiger partial charge is 0.410 e. The van der Waals surface area contributed by atoms with Crippen molar-refractivity contribution in [3.8, 4) is 17.5 Å². The van der Waals surface area contributed by atoms with Gasteiger partial charge in [-0.2, -0.15) is 10.4 Å². The molecule has 0 fully saturated rings. The molecular weight excluding hydrogens is 443 g/mol. The molecule has 2 heterocycles. The molecule has 7 nitrogen and oxygen atoms in total. The predicted molar refractivity (Wildman–Crippen MR) is 107 cm³/mol. The van der Waals surface area contributed by atoms with Gasteiger partial charge in [0.2, 0.25) is 0 Å². The molecule has 0 atom stereocenters. The van der Waals surface area contributed by atoms with Crippen LogP contribution in [-0.4, -0.2) is 40.0 Å². The van der Waals surface area contributed by atoms with Gasteiger partial charge in [-0.1, -0.05) is 0 Å². The van der Waals surface area contributed by atoms with Gasteiger partial charge in [0.1, 0.15) is 11.3 Å². The predicted octanol–water partition coefficient (Wildman–Crippen LogP) is 4.14. The molecule has 0 saturated carbocycles. The van der Waals surface area contributed by atoms with Crippen LogP contribution in [0.1, 0.15) is 37.7 Å². The van der Waals surface area contributed by atoms with Crippen molar-refractivity contribution in [3.05, 3.63) is 39.4 Å². The van der Waals surface area contributed by atoms with E-state index < -0.39 is 17.5 Å². The number of methoxy groups -OCH3 is 1. The van der Waals surface area contributed by atoms with Crippen LogP contribution in [0.5, 0.6) is 5.75 Å². The summed E-state index contributed by atoms with van der Waals surface area (Å²) >= 11 is 3.16. The minimum atomic E-state index is -0.598. The molecule has 0 unspecified atom stereocenters. The summed E-state index contributed by atoms with van der Waals surface area (Å²) in [5, 5.41) is 13.8. The van der Waals surface area contributed by atoms with E-state index in [0.717, 1.165) is 11.3 Å². The maximum Gasteiger partial charge on any atom is 0.410 e. The molecule has 0 radical (unpaired) electrons. The molecule has 0 aliphatic carbocycles. The summed E-state index contributed by atoms with van der Waals surface area (Å²) in [6.07, 6.45) is 0.165. The monoisotopic (exact) mass is 464 g/mol. The molecule has 1 aliphatic rings. The molecule has 154 valence electrons. The molecule has 0 spiro atoms. The Morgan fingerprint density at radius 2 is 2.14 bits per heavy atom. The summed E-state index contributed by atoms with van der Waals surface area (Å²) < 4.78 is 27.2. The van der Waals surface area contributed by atoms with Crippen LogP contribution in [0.3, 0.4) is 0 Å². The maximum atomic E-state index is 14.5. The Balaban J connectivity index is 2.04. The first kappa shape index (κ1) is 21.1. The number of rotatable bonds is 3. The number of aromatic nitrogens is 2. The number of hydrogen-bond donors (Lipinski definition) is 0. The number of amides is 1. The molecule has 3 rings (SSSR count). The van der Waals surface area contributed by atoms with E-state index in [1.165, 1.54) is 7.11 Å². The van der Waals surface area contributed by atoms with Gasteiger partial charge in [0.05, 0.1) is 42.0 Å². The molecular formula is C20H22BrFN4O3. The fraction of sp³-hybridized carbons (Fsp3) is 0.450. The topological polar surface area (TPSA) is 80.4 Å². The van der Waals surface area contributed by atoms with E-state index in [2.05, 4.69) is 27.1 Å². The van der Waals surface area contributed by atoms with E-state index in [0.29, 0.717) is 24.3 Å². The van der Waals surface area contributed by atoms with Crippen LogP contribution in [-0.2, 0) is 24.1 Å². The Bertz CT molecular complexity index is 991. The van der Waals surface area contributed by atoms with E-state index in [1.807, 2.05) is 20.8 Å². The third kappa shape index (κ3) is 4.22. The highest BCUT2D eigenvalue weighted by atomic mass is 79.9. The van der Waals surface area contributed by atoms with Crippen LogP contribution in [0.2, 0.25) is 0 Å². The molecule has 1 aliphatic heterocycles. The number of hydrogen-bond acceptors (Lipinski definition) is 5. The van der Waals surface area contributed by atoms with Gasteiger partial charge in [-0.3, -0.25) is 0 Å². The lowest BCUT2D eigenvalue weighted by Crippen LogP contribution is -2.40. The number of nitrogens with zero attached hydrogens (tertiary/aromatic N) is 4. The fourth-order valence-electron chi connectivity index (χ4n) is 3.27. The van der Waals surface area contributed by atoms with Crippen molar-refractivity contribution in [3.63, 3.8) is 0 Å². The fourth-order valence-corrected chi connectivity index (χ4v) is 3.58. The van der Waals surface area contributed by atoms with Crippen LogP contribution in [0, 0.1) is 17.1 Å². The van der Waals surface area contributed by atoms with E-state index >= 15 is 0 Å². The van der Waals surface area contributed by atoms with Crippen LogP contribution < -0.4 is 4.74 Å². The van der Waals surface area contributed by atoms with Crippen molar-refractivity contribution in [1.29, 1.82) is 5.26 Å².